The second-order valence-electron chi connectivity index (χ2n) is 5.56. The summed E-state index contributed by atoms with van der Waals surface area (Å²) in [6, 6.07) is 7.59. The van der Waals surface area contributed by atoms with Crippen LogP contribution in [0.25, 0.3) is 0 Å². The largest absolute Gasteiger partial charge is 0.494 e. The molecule has 3 nitrogen and oxygen atoms in total. The van der Waals surface area contributed by atoms with Crippen molar-refractivity contribution in [3.05, 3.63) is 29.8 Å². The van der Waals surface area contributed by atoms with E-state index in [2.05, 4.69) is 0 Å². The van der Waals surface area contributed by atoms with Crippen molar-refractivity contribution >= 4 is 0 Å². The zero-order chi connectivity index (χ0) is 14.2. The first-order valence-corrected chi connectivity index (χ1v) is 7.78. The summed E-state index contributed by atoms with van der Waals surface area (Å²) >= 11 is 0. The lowest BCUT2D eigenvalue weighted by Gasteiger charge is -2.22. The number of aliphatic hydroxyl groups is 1. The number of aliphatic hydroxyl groups excluding tert-OH is 1. The maximum absolute atomic E-state index is 10.1. The number of rotatable bonds is 7. The molecule has 1 atom stereocenters. The molecule has 1 aromatic carbocycles. The van der Waals surface area contributed by atoms with E-state index < -0.39 is 6.10 Å². The molecule has 1 saturated carbocycles. The SMILES string of the molecule is CCOc1ccc(C(O)COCC2CCCCC2)cc1. The molecule has 2 rings (SSSR count). The molecule has 1 unspecified atom stereocenters. The van der Waals surface area contributed by atoms with Crippen LogP contribution in [0.15, 0.2) is 24.3 Å². The summed E-state index contributed by atoms with van der Waals surface area (Å²) in [5.41, 5.74) is 0.886. The topological polar surface area (TPSA) is 38.7 Å². The molecule has 3 heteroatoms. The molecule has 1 aliphatic rings. The summed E-state index contributed by atoms with van der Waals surface area (Å²) in [5, 5.41) is 10.1. The van der Waals surface area contributed by atoms with Gasteiger partial charge in [0.1, 0.15) is 11.9 Å². The molecule has 1 aromatic rings. The summed E-state index contributed by atoms with van der Waals surface area (Å²) in [7, 11) is 0. The number of ether oxygens (including phenoxy) is 2. The van der Waals surface area contributed by atoms with Crippen molar-refractivity contribution in [3.63, 3.8) is 0 Å². The van der Waals surface area contributed by atoms with Gasteiger partial charge in [-0.05, 0) is 43.4 Å². The Hall–Kier alpha value is -1.06. The molecule has 1 fully saturated rings. The van der Waals surface area contributed by atoms with Gasteiger partial charge in [-0.2, -0.15) is 0 Å². The highest BCUT2D eigenvalue weighted by molar-refractivity contribution is 5.28. The van der Waals surface area contributed by atoms with Gasteiger partial charge in [-0.25, -0.2) is 0 Å². The van der Waals surface area contributed by atoms with Crippen LogP contribution in [-0.2, 0) is 4.74 Å². The van der Waals surface area contributed by atoms with Gasteiger partial charge in [0.25, 0.3) is 0 Å². The molecule has 0 aromatic heterocycles. The van der Waals surface area contributed by atoms with Crippen LogP contribution in [0.4, 0.5) is 0 Å². The van der Waals surface area contributed by atoms with Gasteiger partial charge >= 0.3 is 0 Å². The lowest BCUT2D eigenvalue weighted by Crippen LogP contribution is -2.16. The van der Waals surface area contributed by atoms with Crippen LogP contribution in [0.3, 0.4) is 0 Å². The van der Waals surface area contributed by atoms with Gasteiger partial charge in [0.05, 0.1) is 13.2 Å². The molecule has 0 amide bonds. The van der Waals surface area contributed by atoms with E-state index in [1.54, 1.807) is 0 Å². The van der Waals surface area contributed by atoms with Gasteiger partial charge in [0.15, 0.2) is 0 Å². The predicted octanol–water partition coefficient (Wildman–Crippen LogP) is 3.72. The first kappa shape index (κ1) is 15.3. The highest BCUT2D eigenvalue weighted by Crippen LogP contribution is 2.24. The minimum absolute atomic E-state index is 0.379. The Labute approximate surface area is 121 Å². The van der Waals surface area contributed by atoms with Gasteiger partial charge in [-0.15, -0.1) is 0 Å². The first-order chi connectivity index (χ1) is 9.79. The quantitative estimate of drug-likeness (QED) is 0.826. The minimum atomic E-state index is -0.547. The molecule has 0 aliphatic heterocycles. The summed E-state index contributed by atoms with van der Waals surface area (Å²) in [4.78, 5) is 0. The van der Waals surface area contributed by atoms with E-state index in [9.17, 15) is 5.11 Å². The van der Waals surface area contributed by atoms with E-state index in [0.717, 1.165) is 17.9 Å². The van der Waals surface area contributed by atoms with Crippen LogP contribution in [-0.4, -0.2) is 24.9 Å². The number of benzene rings is 1. The van der Waals surface area contributed by atoms with Crippen molar-refractivity contribution in [3.8, 4) is 5.75 Å². The van der Waals surface area contributed by atoms with Gasteiger partial charge < -0.3 is 14.6 Å². The van der Waals surface area contributed by atoms with E-state index in [1.165, 1.54) is 32.1 Å². The van der Waals surface area contributed by atoms with E-state index in [1.807, 2.05) is 31.2 Å². The Morgan fingerprint density at radius 1 is 1.15 bits per heavy atom. The lowest BCUT2D eigenvalue weighted by molar-refractivity contribution is 0.0146. The molecule has 1 N–H and O–H groups in total. The minimum Gasteiger partial charge on any atom is -0.494 e. The van der Waals surface area contributed by atoms with E-state index in [4.69, 9.17) is 9.47 Å². The fourth-order valence-corrected chi connectivity index (χ4v) is 2.75. The Bertz CT molecular complexity index is 368. The molecular weight excluding hydrogens is 252 g/mol. The van der Waals surface area contributed by atoms with Crippen molar-refractivity contribution in [2.24, 2.45) is 5.92 Å². The lowest BCUT2D eigenvalue weighted by atomic mass is 9.90. The highest BCUT2D eigenvalue weighted by atomic mass is 16.5. The van der Waals surface area contributed by atoms with E-state index in [0.29, 0.717) is 19.1 Å². The van der Waals surface area contributed by atoms with Crippen molar-refractivity contribution in [1.29, 1.82) is 0 Å². The van der Waals surface area contributed by atoms with Gasteiger partial charge in [0.2, 0.25) is 0 Å². The van der Waals surface area contributed by atoms with Crippen molar-refractivity contribution in [2.75, 3.05) is 19.8 Å². The van der Waals surface area contributed by atoms with Crippen molar-refractivity contribution in [2.45, 2.75) is 45.1 Å². The van der Waals surface area contributed by atoms with Crippen LogP contribution < -0.4 is 4.74 Å². The monoisotopic (exact) mass is 278 g/mol. The molecule has 112 valence electrons. The number of hydrogen-bond acceptors (Lipinski definition) is 3. The maximum Gasteiger partial charge on any atom is 0.119 e. The third-order valence-electron chi connectivity index (χ3n) is 3.93. The molecule has 0 radical (unpaired) electrons. The second-order valence-corrected chi connectivity index (χ2v) is 5.56. The van der Waals surface area contributed by atoms with Crippen LogP contribution in [0.1, 0.15) is 50.7 Å². The third kappa shape index (κ3) is 4.80. The molecule has 0 bridgehead atoms. The van der Waals surface area contributed by atoms with Crippen LogP contribution in [0, 0.1) is 5.92 Å². The fourth-order valence-electron chi connectivity index (χ4n) is 2.75. The van der Waals surface area contributed by atoms with Gasteiger partial charge in [-0.1, -0.05) is 31.4 Å². The van der Waals surface area contributed by atoms with Crippen molar-refractivity contribution in [1.82, 2.24) is 0 Å². The Morgan fingerprint density at radius 3 is 2.50 bits per heavy atom. The predicted molar refractivity (Wildman–Crippen MR) is 80.0 cm³/mol. The smallest absolute Gasteiger partial charge is 0.119 e. The molecule has 0 heterocycles. The summed E-state index contributed by atoms with van der Waals surface area (Å²) in [6.07, 6.45) is 6.03. The number of hydrogen-bond donors (Lipinski definition) is 1. The average molecular weight is 278 g/mol. The maximum atomic E-state index is 10.1. The second kappa shape index (κ2) is 8.28. The summed E-state index contributed by atoms with van der Waals surface area (Å²) in [5.74, 6) is 1.53. The standard InChI is InChI=1S/C17H26O3/c1-2-20-16-10-8-15(9-11-16)17(18)13-19-12-14-6-4-3-5-7-14/h8-11,14,17-18H,2-7,12-13H2,1H3. The first-order valence-electron chi connectivity index (χ1n) is 7.78. The normalized spacial score (nSPS) is 17.9. The molecule has 0 spiro atoms. The summed E-state index contributed by atoms with van der Waals surface area (Å²) < 4.78 is 11.1. The van der Waals surface area contributed by atoms with Gasteiger partial charge in [-0.3, -0.25) is 0 Å². The van der Waals surface area contributed by atoms with Crippen LogP contribution in [0.5, 0.6) is 5.75 Å². The van der Waals surface area contributed by atoms with E-state index >= 15 is 0 Å². The fraction of sp³-hybridized carbons (Fsp3) is 0.647. The van der Waals surface area contributed by atoms with Crippen LogP contribution in [0.2, 0.25) is 0 Å². The highest BCUT2D eigenvalue weighted by Gasteiger charge is 2.14. The molecular formula is C17H26O3. The Morgan fingerprint density at radius 2 is 1.85 bits per heavy atom. The Kier molecular flexibility index (Phi) is 6.34. The molecule has 0 saturated heterocycles. The third-order valence-corrected chi connectivity index (χ3v) is 3.93. The average Bonchev–Trinajstić information content (AvgIpc) is 2.49. The zero-order valence-corrected chi connectivity index (χ0v) is 12.4. The van der Waals surface area contributed by atoms with Crippen LogP contribution >= 0.6 is 0 Å². The summed E-state index contributed by atoms with van der Waals surface area (Å²) in [6.45, 7) is 3.78. The van der Waals surface area contributed by atoms with E-state index in [-0.39, 0.29) is 0 Å². The molecule has 20 heavy (non-hydrogen) atoms. The van der Waals surface area contributed by atoms with Crippen molar-refractivity contribution < 1.29 is 14.6 Å². The Balaban J connectivity index is 1.71. The van der Waals surface area contributed by atoms with Gasteiger partial charge in [0, 0.05) is 6.61 Å². The zero-order valence-electron chi connectivity index (χ0n) is 12.4. The molecule has 1 aliphatic carbocycles.